The van der Waals surface area contributed by atoms with Crippen LogP contribution >= 0.6 is 23.4 Å². The molecule has 0 aliphatic carbocycles. The van der Waals surface area contributed by atoms with E-state index in [1.807, 2.05) is 13.2 Å². The van der Waals surface area contributed by atoms with Crippen molar-refractivity contribution in [2.45, 2.75) is 19.5 Å². The molecule has 0 aromatic heterocycles. The van der Waals surface area contributed by atoms with Gasteiger partial charge in [-0.3, -0.25) is 10.1 Å². The average molecular weight is 275 g/mol. The molecule has 1 unspecified atom stereocenters. The Balaban J connectivity index is 2.75. The van der Waals surface area contributed by atoms with Crippen LogP contribution in [0.5, 0.6) is 0 Å². The Morgan fingerprint density at radius 2 is 2.29 bits per heavy atom. The second kappa shape index (κ2) is 6.83. The van der Waals surface area contributed by atoms with Gasteiger partial charge < -0.3 is 5.32 Å². The number of nitro groups is 1. The maximum absolute atomic E-state index is 10.8. The number of nitrogens with one attached hydrogen (secondary N) is 1. The van der Waals surface area contributed by atoms with E-state index in [0.717, 1.165) is 5.75 Å². The van der Waals surface area contributed by atoms with Crippen LogP contribution in [-0.2, 0) is 6.54 Å². The van der Waals surface area contributed by atoms with Gasteiger partial charge in [-0.05, 0) is 25.3 Å². The first kappa shape index (κ1) is 14.3. The van der Waals surface area contributed by atoms with Gasteiger partial charge in [0.15, 0.2) is 0 Å². The van der Waals surface area contributed by atoms with E-state index in [4.69, 9.17) is 11.6 Å². The smallest absolute Gasteiger partial charge is 0.273 e. The van der Waals surface area contributed by atoms with Crippen LogP contribution in [0.15, 0.2) is 18.2 Å². The van der Waals surface area contributed by atoms with Crippen LogP contribution in [0.25, 0.3) is 0 Å². The molecule has 0 radical (unpaired) electrons. The molecule has 0 bridgehead atoms. The summed E-state index contributed by atoms with van der Waals surface area (Å²) < 4.78 is 0. The Hall–Kier alpha value is -0.780. The minimum absolute atomic E-state index is 0.109. The maximum atomic E-state index is 10.8. The molecule has 1 atom stereocenters. The number of thioether (sulfide) groups is 1. The molecule has 0 saturated carbocycles. The highest BCUT2D eigenvalue weighted by molar-refractivity contribution is 7.98. The SMILES string of the molecule is CSCC(C)NCc1cc(Cl)ccc1[N+](=O)[O-]. The van der Waals surface area contributed by atoms with Gasteiger partial charge in [-0.1, -0.05) is 11.6 Å². The molecule has 0 saturated heterocycles. The zero-order valence-electron chi connectivity index (χ0n) is 9.77. The lowest BCUT2D eigenvalue weighted by Gasteiger charge is -2.12. The molecule has 6 heteroatoms. The average Bonchev–Trinajstić information content (AvgIpc) is 2.26. The molecule has 0 heterocycles. The summed E-state index contributed by atoms with van der Waals surface area (Å²) in [6.07, 6.45) is 2.03. The molecule has 0 spiro atoms. The van der Waals surface area contributed by atoms with Gasteiger partial charge in [0.25, 0.3) is 5.69 Å². The third-order valence-corrected chi connectivity index (χ3v) is 3.36. The van der Waals surface area contributed by atoms with Crippen molar-refractivity contribution in [1.29, 1.82) is 0 Å². The minimum atomic E-state index is -0.382. The predicted octanol–water partition coefficient (Wildman–Crippen LogP) is 3.09. The van der Waals surface area contributed by atoms with Crippen molar-refractivity contribution in [1.82, 2.24) is 5.32 Å². The number of nitro benzene ring substituents is 1. The second-order valence-corrected chi connectivity index (χ2v) is 5.11. The highest BCUT2D eigenvalue weighted by Crippen LogP contribution is 2.22. The van der Waals surface area contributed by atoms with Crippen LogP contribution in [0.3, 0.4) is 0 Å². The zero-order chi connectivity index (χ0) is 12.8. The van der Waals surface area contributed by atoms with Crippen molar-refractivity contribution < 1.29 is 4.92 Å². The van der Waals surface area contributed by atoms with Crippen molar-refractivity contribution in [2.75, 3.05) is 12.0 Å². The Kier molecular flexibility index (Phi) is 5.74. The molecule has 0 aliphatic heterocycles. The molecule has 0 amide bonds. The molecule has 1 rings (SSSR count). The van der Waals surface area contributed by atoms with Crippen molar-refractivity contribution >= 4 is 29.1 Å². The third-order valence-electron chi connectivity index (χ3n) is 2.30. The Morgan fingerprint density at radius 3 is 2.88 bits per heavy atom. The zero-order valence-corrected chi connectivity index (χ0v) is 11.3. The quantitative estimate of drug-likeness (QED) is 0.640. The number of rotatable bonds is 6. The number of hydrogen-bond acceptors (Lipinski definition) is 4. The first-order valence-electron chi connectivity index (χ1n) is 5.19. The molecule has 0 aliphatic rings. The highest BCUT2D eigenvalue weighted by Gasteiger charge is 2.14. The Bertz CT molecular complexity index is 401. The molecular formula is C11H15ClN2O2S. The second-order valence-electron chi connectivity index (χ2n) is 3.77. The standard InChI is InChI=1S/C11H15ClN2O2S/c1-8(7-17-2)13-6-9-5-10(12)3-4-11(9)14(15)16/h3-5,8,13H,6-7H2,1-2H3. The summed E-state index contributed by atoms with van der Waals surface area (Å²) in [6.45, 7) is 2.51. The molecule has 1 N–H and O–H groups in total. The summed E-state index contributed by atoms with van der Waals surface area (Å²) >= 11 is 7.58. The topological polar surface area (TPSA) is 55.2 Å². The summed E-state index contributed by atoms with van der Waals surface area (Å²) in [5, 5.41) is 14.6. The lowest BCUT2D eigenvalue weighted by molar-refractivity contribution is -0.385. The summed E-state index contributed by atoms with van der Waals surface area (Å²) in [5.41, 5.74) is 0.730. The molecule has 94 valence electrons. The summed E-state index contributed by atoms with van der Waals surface area (Å²) in [6, 6.07) is 4.93. The van der Waals surface area contributed by atoms with Crippen molar-refractivity contribution in [2.24, 2.45) is 0 Å². The number of nitrogens with zero attached hydrogens (tertiary/aromatic N) is 1. The molecule has 1 aromatic carbocycles. The Labute approximate surface area is 110 Å². The van der Waals surface area contributed by atoms with Crippen LogP contribution in [-0.4, -0.2) is 23.0 Å². The van der Waals surface area contributed by atoms with Crippen LogP contribution in [0.1, 0.15) is 12.5 Å². The van der Waals surface area contributed by atoms with E-state index in [9.17, 15) is 10.1 Å². The summed E-state index contributed by atoms with van der Waals surface area (Å²) in [4.78, 5) is 10.5. The van der Waals surface area contributed by atoms with E-state index in [0.29, 0.717) is 23.2 Å². The monoisotopic (exact) mass is 274 g/mol. The maximum Gasteiger partial charge on any atom is 0.273 e. The van der Waals surface area contributed by atoms with Gasteiger partial charge in [0.05, 0.1) is 4.92 Å². The Morgan fingerprint density at radius 1 is 1.59 bits per heavy atom. The van der Waals surface area contributed by atoms with Crippen LogP contribution < -0.4 is 5.32 Å². The van der Waals surface area contributed by atoms with Crippen molar-refractivity contribution in [3.8, 4) is 0 Å². The van der Waals surface area contributed by atoms with Gasteiger partial charge in [0, 0.05) is 35.0 Å². The van der Waals surface area contributed by atoms with E-state index in [-0.39, 0.29) is 10.6 Å². The fourth-order valence-electron chi connectivity index (χ4n) is 1.47. The fourth-order valence-corrected chi connectivity index (χ4v) is 2.28. The van der Waals surface area contributed by atoms with Crippen molar-refractivity contribution in [3.63, 3.8) is 0 Å². The normalized spacial score (nSPS) is 12.4. The van der Waals surface area contributed by atoms with Gasteiger partial charge in [-0.15, -0.1) is 0 Å². The van der Waals surface area contributed by atoms with Gasteiger partial charge in [0.1, 0.15) is 0 Å². The largest absolute Gasteiger partial charge is 0.309 e. The third kappa shape index (κ3) is 4.53. The molecule has 17 heavy (non-hydrogen) atoms. The van der Waals surface area contributed by atoms with E-state index in [1.165, 1.54) is 12.1 Å². The number of halogens is 1. The molecule has 0 fully saturated rings. The van der Waals surface area contributed by atoms with Crippen LogP contribution in [0, 0.1) is 10.1 Å². The van der Waals surface area contributed by atoms with E-state index in [2.05, 4.69) is 5.32 Å². The van der Waals surface area contributed by atoms with Gasteiger partial charge in [0.2, 0.25) is 0 Å². The van der Waals surface area contributed by atoms with Crippen LogP contribution in [0.2, 0.25) is 5.02 Å². The van der Waals surface area contributed by atoms with Gasteiger partial charge in [-0.2, -0.15) is 11.8 Å². The summed E-state index contributed by atoms with van der Waals surface area (Å²) in [5.74, 6) is 0.967. The van der Waals surface area contributed by atoms with E-state index < -0.39 is 0 Å². The highest BCUT2D eigenvalue weighted by atomic mass is 35.5. The fraction of sp³-hybridized carbons (Fsp3) is 0.455. The number of hydrogen-bond donors (Lipinski definition) is 1. The van der Waals surface area contributed by atoms with Gasteiger partial charge >= 0.3 is 0 Å². The predicted molar refractivity (Wildman–Crippen MR) is 72.8 cm³/mol. The van der Waals surface area contributed by atoms with E-state index >= 15 is 0 Å². The van der Waals surface area contributed by atoms with Gasteiger partial charge in [-0.25, -0.2) is 0 Å². The molecule has 1 aromatic rings. The van der Waals surface area contributed by atoms with Crippen LogP contribution in [0.4, 0.5) is 5.69 Å². The first-order valence-corrected chi connectivity index (χ1v) is 6.97. The van der Waals surface area contributed by atoms with E-state index in [1.54, 1.807) is 17.8 Å². The first-order chi connectivity index (χ1) is 8.04. The van der Waals surface area contributed by atoms with Crippen molar-refractivity contribution in [3.05, 3.63) is 38.9 Å². The number of benzene rings is 1. The molecular weight excluding hydrogens is 260 g/mol. The summed E-state index contributed by atoms with van der Waals surface area (Å²) in [7, 11) is 0. The molecule has 4 nitrogen and oxygen atoms in total. The minimum Gasteiger partial charge on any atom is -0.309 e. The lowest BCUT2D eigenvalue weighted by atomic mass is 10.1. The lowest BCUT2D eigenvalue weighted by Crippen LogP contribution is -2.27.